The molecule has 0 spiro atoms. The summed E-state index contributed by atoms with van der Waals surface area (Å²) >= 11 is 9.36. The van der Waals surface area contributed by atoms with Crippen LogP contribution in [-0.2, 0) is 11.3 Å². The van der Waals surface area contributed by atoms with Gasteiger partial charge in [-0.2, -0.15) is 0 Å². The van der Waals surface area contributed by atoms with Crippen molar-refractivity contribution >= 4 is 39.2 Å². The van der Waals surface area contributed by atoms with Gasteiger partial charge >= 0.3 is 5.97 Å². The average Bonchev–Trinajstić information content (AvgIpc) is 2.47. The van der Waals surface area contributed by atoms with E-state index in [1.54, 1.807) is 31.4 Å². The van der Waals surface area contributed by atoms with Gasteiger partial charge in [0.15, 0.2) is 0 Å². The summed E-state index contributed by atoms with van der Waals surface area (Å²) in [7, 11) is 1.58. The van der Waals surface area contributed by atoms with Crippen LogP contribution in [0.1, 0.15) is 15.9 Å². The number of ether oxygens (including phenoxy) is 2. The van der Waals surface area contributed by atoms with Gasteiger partial charge in [0.2, 0.25) is 0 Å². The molecule has 0 amide bonds. The molecule has 2 aromatic rings. The molecule has 0 fully saturated rings. The number of nitrogens with two attached hydrogens (primary N) is 1. The molecule has 0 bridgehead atoms. The molecule has 0 aromatic heterocycles. The van der Waals surface area contributed by atoms with Gasteiger partial charge in [0.25, 0.3) is 0 Å². The van der Waals surface area contributed by atoms with Gasteiger partial charge in [0.05, 0.1) is 27.9 Å². The van der Waals surface area contributed by atoms with Crippen molar-refractivity contribution in [1.82, 2.24) is 0 Å². The molecule has 0 aliphatic heterocycles. The number of hydrogen-bond donors (Lipinski definition) is 1. The van der Waals surface area contributed by atoms with Gasteiger partial charge in [-0.25, -0.2) is 4.79 Å². The maximum atomic E-state index is 12.0. The fraction of sp³-hybridized carbons (Fsp3) is 0.133. The quantitative estimate of drug-likeness (QED) is 0.651. The summed E-state index contributed by atoms with van der Waals surface area (Å²) in [5, 5.41) is 0.207. The first kappa shape index (κ1) is 15.7. The van der Waals surface area contributed by atoms with Gasteiger partial charge in [0, 0.05) is 0 Å². The molecule has 4 nitrogen and oxygen atoms in total. The highest BCUT2D eigenvalue weighted by Gasteiger charge is 2.14. The van der Waals surface area contributed by atoms with Crippen molar-refractivity contribution in [1.29, 1.82) is 0 Å². The Labute approximate surface area is 135 Å². The lowest BCUT2D eigenvalue weighted by Crippen LogP contribution is -2.07. The molecule has 0 saturated heterocycles. The molecule has 0 unspecified atom stereocenters. The van der Waals surface area contributed by atoms with Crippen LogP contribution in [0.15, 0.2) is 40.9 Å². The van der Waals surface area contributed by atoms with Crippen LogP contribution in [0.4, 0.5) is 5.69 Å². The molecule has 0 saturated carbocycles. The zero-order valence-electron chi connectivity index (χ0n) is 11.2. The van der Waals surface area contributed by atoms with Crippen molar-refractivity contribution in [3.63, 3.8) is 0 Å². The lowest BCUT2D eigenvalue weighted by Gasteiger charge is -2.09. The van der Waals surface area contributed by atoms with E-state index in [1.807, 2.05) is 12.1 Å². The first-order valence-corrected chi connectivity index (χ1v) is 7.23. The van der Waals surface area contributed by atoms with Crippen LogP contribution >= 0.6 is 27.5 Å². The maximum Gasteiger partial charge on any atom is 0.340 e. The molecular weight excluding hydrogens is 358 g/mol. The molecule has 0 aliphatic rings. The Balaban J connectivity index is 2.07. The summed E-state index contributed by atoms with van der Waals surface area (Å²) < 4.78 is 11.2. The number of benzene rings is 2. The molecule has 0 heterocycles. The van der Waals surface area contributed by atoms with Crippen LogP contribution in [0, 0.1) is 0 Å². The van der Waals surface area contributed by atoms with E-state index in [0.717, 1.165) is 10.0 Å². The van der Waals surface area contributed by atoms with E-state index >= 15 is 0 Å². The highest BCUT2D eigenvalue weighted by Crippen LogP contribution is 2.27. The molecule has 0 radical (unpaired) electrons. The molecule has 2 N–H and O–H groups in total. The highest BCUT2D eigenvalue weighted by molar-refractivity contribution is 9.10. The summed E-state index contributed by atoms with van der Waals surface area (Å²) in [6.45, 7) is 0.132. The predicted molar refractivity (Wildman–Crippen MR) is 85.7 cm³/mol. The topological polar surface area (TPSA) is 61.5 Å². The van der Waals surface area contributed by atoms with Crippen LogP contribution in [0.2, 0.25) is 5.02 Å². The zero-order chi connectivity index (χ0) is 15.4. The van der Waals surface area contributed by atoms with Crippen molar-refractivity contribution in [2.24, 2.45) is 0 Å². The van der Waals surface area contributed by atoms with Crippen molar-refractivity contribution in [2.45, 2.75) is 6.61 Å². The Morgan fingerprint density at radius 2 is 2.10 bits per heavy atom. The van der Waals surface area contributed by atoms with Crippen LogP contribution in [0.3, 0.4) is 0 Å². The smallest absolute Gasteiger partial charge is 0.340 e. The third-order valence-corrected chi connectivity index (χ3v) is 3.88. The summed E-state index contributed by atoms with van der Waals surface area (Å²) in [4.78, 5) is 12.0. The zero-order valence-corrected chi connectivity index (χ0v) is 13.6. The fourth-order valence-corrected chi connectivity index (χ4v) is 2.52. The first-order valence-electron chi connectivity index (χ1n) is 6.06. The summed E-state index contributed by atoms with van der Waals surface area (Å²) in [6, 6.07) is 10.3. The number of esters is 1. The number of nitrogen functional groups attached to an aromatic ring is 1. The number of rotatable bonds is 4. The lowest BCUT2D eigenvalue weighted by atomic mass is 10.2. The van der Waals surface area contributed by atoms with Crippen LogP contribution in [0.5, 0.6) is 5.75 Å². The van der Waals surface area contributed by atoms with E-state index in [4.69, 9.17) is 26.8 Å². The Hall–Kier alpha value is -1.72. The summed E-state index contributed by atoms with van der Waals surface area (Å²) in [6.07, 6.45) is 0. The largest absolute Gasteiger partial charge is 0.496 e. The number of anilines is 1. The third-order valence-electron chi connectivity index (χ3n) is 2.83. The van der Waals surface area contributed by atoms with E-state index < -0.39 is 5.97 Å². The molecule has 2 aromatic carbocycles. The second kappa shape index (κ2) is 6.83. The number of carbonyl (C=O) groups excluding carboxylic acids is 1. The highest BCUT2D eigenvalue weighted by atomic mass is 79.9. The molecule has 110 valence electrons. The van der Waals surface area contributed by atoms with E-state index in [2.05, 4.69) is 15.9 Å². The Bertz CT molecular complexity index is 676. The SMILES string of the molecule is COc1ccc(COC(=O)c2cccc(N)c2Cl)cc1Br. The second-order valence-electron chi connectivity index (χ2n) is 4.25. The van der Waals surface area contributed by atoms with Crippen molar-refractivity contribution in [3.8, 4) is 5.75 Å². The summed E-state index contributed by atoms with van der Waals surface area (Å²) in [5.41, 5.74) is 7.09. The third kappa shape index (κ3) is 3.68. The van der Waals surface area contributed by atoms with E-state index in [0.29, 0.717) is 11.4 Å². The minimum atomic E-state index is -0.515. The maximum absolute atomic E-state index is 12.0. The number of carbonyl (C=O) groups is 1. The average molecular weight is 371 g/mol. The molecule has 0 atom stereocenters. The van der Waals surface area contributed by atoms with Crippen LogP contribution in [0.25, 0.3) is 0 Å². The normalized spacial score (nSPS) is 10.2. The minimum Gasteiger partial charge on any atom is -0.496 e. The molecule has 2 rings (SSSR count). The standard InChI is InChI=1S/C15H13BrClNO3/c1-20-13-6-5-9(7-11(13)16)8-21-15(19)10-3-2-4-12(18)14(10)17/h2-7H,8,18H2,1H3. The molecule has 6 heteroatoms. The first-order chi connectivity index (χ1) is 10.0. The molecular formula is C15H13BrClNO3. The van der Waals surface area contributed by atoms with Gasteiger partial charge in [-0.05, 0) is 45.8 Å². The van der Waals surface area contributed by atoms with Gasteiger partial charge in [-0.1, -0.05) is 23.7 Å². The fourth-order valence-electron chi connectivity index (χ4n) is 1.73. The van der Waals surface area contributed by atoms with E-state index in [-0.39, 0.29) is 17.2 Å². The Morgan fingerprint density at radius 1 is 1.33 bits per heavy atom. The van der Waals surface area contributed by atoms with Gasteiger partial charge in [0.1, 0.15) is 12.4 Å². The molecule has 21 heavy (non-hydrogen) atoms. The van der Waals surface area contributed by atoms with Crippen LogP contribution < -0.4 is 10.5 Å². The summed E-state index contributed by atoms with van der Waals surface area (Å²) in [5.74, 6) is 0.197. The van der Waals surface area contributed by atoms with E-state index in [9.17, 15) is 4.79 Å². The number of halogens is 2. The predicted octanol–water partition coefficient (Wildman–Crippen LogP) is 4.05. The monoisotopic (exact) mass is 369 g/mol. The van der Waals surface area contributed by atoms with E-state index in [1.165, 1.54) is 0 Å². The van der Waals surface area contributed by atoms with Gasteiger partial charge in [-0.3, -0.25) is 0 Å². The van der Waals surface area contributed by atoms with Crippen LogP contribution in [-0.4, -0.2) is 13.1 Å². The van der Waals surface area contributed by atoms with Gasteiger partial charge < -0.3 is 15.2 Å². The van der Waals surface area contributed by atoms with Crippen molar-refractivity contribution in [2.75, 3.05) is 12.8 Å². The molecule has 0 aliphatic carbocycles. The lowest BCUT2D eigenvalue weighted by molar-refractivity contribution is 0.0473. The van der Waals surface area contributed by atoms with Crippen molar-refractivity contribution in [3.05, 3.63) is 57.0 Å². The van der Waals surface area contributed by atoms with Gasteiger partial charge in [-0.15, -0.1) is 0 Å². The Kier molecular flexibility index (Phi) is 5.09. The number of hydrogen-bond acceptors (Lipinski definition) is 4. The number of methoxy groups -OCH3 is 1. The Morgan fingerprint density at radius 3 is 2.76 bits per heavy atom. The second-order valence-corrected chi connectivity index (χ2v) is 5.49. The minimum absolute atomic E-state index is 0.132. The van der Waals surface area contributed by atoms with Crippen molar-refractivity contribution < 1.29 is 14.3 Å².